The van der Waals surface area contributed by atoms with E-state index in [1.807, 2.05) is 107 Å². The Bertz CT molecular complexity index is 4310. The second kappa shape index (κ2) is 35.0. The Morgan fingerprint density at radius 2 is 0.874 bits per heavy atom. The van der Waals surface area contributed by atoms with Gasteiger partial charge in [-0.15, -0.1) is 15.3 Å². The Balaban J connectivity index is 0.000000166. The van der Waals surface area contributed by atoms with E-state index in [4.69, 9.17) is 4.74 Å². The summed E-state index contributed by atoms with van der Waals surface area (Å²) in [5, 5.41) is 33.6. The molecule has 9 aromatic rings. The standard InChI is InChI=1S/C24H31N9O2.C24H30N8O3.C22H27N9O2/c1-16-13-31(14-17(2)33(16)18(3)34)22-12-21(10-11-26-22)32-15-27-23(29-32)28-19-6-8-20(9-7-19)30(5)24(35)25-4;1-3-15-35-24(34)28-20-7-5-19(6-8-20)27-23-26-17-32(29-23)21-9-10-25-22(16-21)31-12-4-11-30(13-14-31)18(2)33;1-16(32)29-10-3-11-30(13-12-29)20-14-19(8-9-24-20)31-15-25-21(28-31)26-17-4-6-18(7-5-17)27-22(33)23-2/h6-12,15-17H,13-14H2,1-5H3,(H,25,35)(H,28,29);5-10,16-17H,3-4,11-15H2,1-2H3,(H,27,29)(H,28,34);4-9,14-15H,3,10-13H2,1-2H3,(H,26,28)(H2,23,27,33)/t16-,17+;;. The van der Waals surface area contributed by atoms with E-state index < -0.39 is 6.09 Å². The molecule has 3 fully saturated rings. The molecule has 103 heavy (non-hydrogen) atoms. The highest BCUT2D eigenvalue weighted by Gasteiger charge is 2.32. The molecule has 6 aromatic heterocycles. The van der Waals surface area contributed by atoms with Crippen LogP contribution in [0.3, 0.4) is 0 Å². The molecule has 12 rings (SSSR count). The Morgan fingerprint density at radius 3 is 1.26 bits per heavy atom. The Kier molecular flexibility index (Phi) is 24.9. The van der Waals surface area contributed by atoms with Crippen molar-refractivity contribution in [2.45, 2.75) is 72.9 Å². The van der Waals surface area contributed by atoms with E-state index in [-0.39, 0.29) is 41.9 Å². The molecule has 8 amide bonds. The third kappa shape index (κ3) is 20.2. The summed E-state index contributed by atoms with van der Waals surface area (Å²) in [5.41, 5.74) is 7.00. The number of aromatic nitrogens is 12. The molecule has 3 saturated heterocycles. The molecule has 9 heterocycles. The summed E-state index contributed by atoms with van der Waals surface area (Å²) >= 11 is 0. The van der Waals surface area contributed by atoms with Gasteiger partial charge in [-0.3, -0.25) is 24.6 Å². The van der Waals surface area contributed by atoms with Gasteiger partial charge in [-0.05, 0) is 124 Å². The van der Waals surface area contributed by atoms with Crippen LogP contribution in [0, 0.1) is 0 Å². The zero-order valence-corrected chi connectivity index (χ0v) is 59.3. The number of ether oxygens (including phenoxy) is 1. The summed E-state index contributed by atoms with van der Waals surface area (Å²) in [4.78, 5) is 111. The monoisotopic (exact) mass is 1400 g/mol. The van der Waals surface area contributed by atoms with Crippen LogP contribution in [0.4, 0.5) is 83.8 Å². The summed E-state index contributed by atoms with van der Waals surface area (Å²) in [7, 11) is 4.87. The first kappa shape index (κ1) is 73.3. The molecule has 3 aliphatic heterocycles. The molecule has 540 valence electrons. The number of anilines is 12. The molecule has 7 N–H and O–H groups in total. The van der Waals surface area contributed by atoms with Gasteiger partial charge in [-0.1, -0.05) is 6.92 Å². The highest BCUT2D eigenvalue weighted by molar-refractivity contribution is 5.91. The molecule has 0 spiro atoms. The first-order valence-electron chi connectivity index (χ1n) is 34.0. The zero-order chi connectivity index (χ0) is 72.9. The van der Waals surface area contributed by atoms with Gasteiger partial charge in [-0.25, -0.2) is 43.4 Å². The molecule has 0 radical (unpaired) electrons. The molecule has 0 aliphatic carbocycles. The van der Waals surface area contributed by atoms with E-state index in [0.717, 1.165) is 129 Å². The van der Waals surface area contributed by atoms with Crippen molar-refractivity contribution >= 4 is 105 Å². The molecule has 2 atom stereocenters. The lowest BCUT2D eigenvalue weighted by Gasteiger charge is -2.44. The molecule has 33 nitrogen and oxygen atoms in total. The molecule has 0 bridgehead atoms. The van der Waals surface area contributed by atoms with Crippen molar-refractivity contribution in [2.75, 3.05) is 139 Å². The van der Waals surface area contributed by atoms with Crippen LogP contribution >= 0.6 is 0 Å². The number of hydrogen-bond acceptors (Lipinski definition) is 22. The van der Waals surface area contributed by atoms with Crippen LogP contribution in [0.25, 0.3) is 17.1 Å². The predicted molar refractivity (Wildman–Crippen MR) is 395 cm³/mol. The molecule has 3 aliphatic rings. The lowest BCUT2D eigenvalue weighted by atomic mass is 10.1. The number of rotatable bonds is 17. The molecular weight excluding hydrogens is 1320 g/mol. The van der Waals surface area contributed by atoms with Gasteiger partial charge in [0.2, 0.25) is 35.6 Å². The molecule has 3 aromatic carbocycles. The third-order valence-electron chi connectivity index (χ3n) is 17.1. The first-order valence-corrected chi connectivity index (χ1v) is 34.0. The average Bonchev–Trinajstić information content (AvgIpc) is 1.91. The van der Waals surface area contributed by atoms with Crippen LogP contribution in [-0.2, 0) is 19.1 Å². The second-order valence-corrected chi connectivity index (χ2v) is 24.5. The van der Waals surface area contributed by atoms with E-state index in [2.05, 4.69) is 111 Å². The van der Waals surface area contributed by atoms with E-state index in [1.165, 1.54) is 4.90 Å². The van der Waals surface area contributed by atoms with Gasteiger partial charge in [-0.2, -0.15) is 15.0 Å². The highest BCUT2D eigenvalue weighted by atomic mass is 16.5. The topological polar surface area (TPSA) is 349 Å². The molecule has 0 saturated carbocycles. The van der Waals surface area contributed by atoms with Crippen molar-refractivity contribution in [1.29, 1.82) is 0 Å². The normalized spacial score (nSPS) is 15.2. The van der Waals surface area contributed by atoms with Crippen LogP contribution in [0.2, 0.25) is 0 Å². The van der Waals surface area contributed by atoms with E-state index in [1.54, 1.807) is 118 Å². The average molecular weight is 1410 g/mol. The Morgan fingerprint density at radius 1 is 0.476 bits per heavy atom. The minimum Gasteiger partial charge on any atom is -0.449 e. The van der Waals surface area contributed by atoms with Crippen molar-refractivity contribution in [2.24, 2.45) is 0 Å². The minimum absolute atomic E-state index is 0.0992. The SMILES string of the molecule is CCCOC(=O)Nc1ccc(Nc2ncn(-c3ccnc(N4CCCN(C(C)=O)CC4)c3)n2)cc1.CNC(=O)N(C)c1ccc(Nc2ncn(-c3ccnc(N4C[C@@H](C)N(C(C)=O)[C@@H](C)C4)c3)n2)cc1.CNC(=O)Nc1ccc(Nc2ncn(-c3ccnc(N4CCCN(C(C)=O)CC4)c3)n2)cc1. The number of nitrogens with zero attached hydrogens (tertiary/aromatic N) is 19. The number of urea groups is 2. The zero-order valence-electron chi connectivity index (χ0n) is 59.3. The molecule has 0 unspecified atom stereocenters. The van der Waals surface area contributed by atoms with Gasteiger partial charge in [0.1, 0.15) is 36.4 Å². The van der Waals surface area contributed by atoms with Crippen LogP contribution in [0.15, 0.2) is 147 Å². The summed E-state index contributed by atoms with van der Waals surface area (Å²) < 4.78 is 10.1. The van der Waals surface area contributed by atoms with Crippen molar-refractivity contribution in [3.05, 3.63) is 147 Å². The number of hydrogen-bond donors (Lipinski definition) is 7. The summed E-state index contributed by atoms with van der Waals surface area (Å²) in [6.45, 7) is 18.8. The van der Waals surface area contributed by atoms with Gasteiger partial charge in [0, 0.05) is 190 Å². The number of pyridine rings is 3. The van der Waals surface area contributed by atoms with Gasteiger partial charge in [0.15, 0.2) is 0 Å². The molecular formula is C70H88N26O7. The third-order valence-corrected chi connectivity index (χ3v) is 17.1. The highest BCUT2D eigenvalue weighted by Crippen LogP contribution is 2.27. The van der Waals surface area contributed by atoms with Crippen molar-refractivity contribution < 1.29 is 33.5 Å². The summed E-state index contributed by atoms with van der Waals surface area (Å²) in [6, 6.07) is 33.2. The van der Waals surface area contributed by atoms with Gasteiger partial charge < -0.3 is 66.0 Å². The lowest BCUT2D eigenvalue weighted by Crippen LogP contribution is -2.58. The van der Waals surface area contributed by atoms with E-state index in [9.17, 15) is 28.8 Å². The number of amides is 8. The lowest BCUT2D eigenvalue weighted by molar-refractivity contribution is -0.133. The van der Waals surface area contributed by atoms with Gasteiger partial charge in [0.25, 0.3) is 0 Å². The Hall–Kier alpha value is -12.5. The maximum atomic E-state index is 12.0. The largest absolute Gasteiger partial charge is 0.449 e. The van der Waals surface area contributed by atoms with Crippen LogP contribution < -0.4 is 56.8 Å². The number of benzene rings is 3. The van der Waals surface area contributed by atoms with Gasteiger partial charge >= 0.3 is 18.2 Å². The fraction of sp³-hybridized carbons (Fsp3) is 0.357. The number of nitrogens with one attached hydrogen (secondary N) is 7. The smallest absolute Gasteiger partial charge is 0.411 e. The maximum absolute atomic E-state index is 12.0. The number of carbonyl (C=O) groups excluding carboxylic acids is 6. The quantitative estimate of drug-likeness (QED) is 0.0451. The summed E-state index contributed by atoms with van der Waals surface area (Å²) in [5.74, 6) is 4.20. The fourth-order valence-corrected chi connectivity index (χ4v) is 11.8. The van der Waals surface area contributed by atoms with Crippen molar-refractivity contribution in [1.82, 2.24) is 84.6 Å². The van der Waals surface area contributed by atoms with Crippen molar-refractivity contribution in [3.8, 4) is 17.1 Å². The van der Waals surface area contributed by atoms with Crippen LogP contribution in [0.5, 0.6) is 0 Å². The van der Waals surface area contributed by atoms with E-state index >= 15 is 0 Å². The Labute approximate surface area is 597 Å². The van der Waals surface area contributed by atoms with Crippen LogP contribution in [0.1, 0.15) is 60.8 Å². The first-order chi connectivity index (χ1) is 49.8. The molecule has 33 heteroatoms. The van der Waals surface area contributed by atoms with Crippen LogP contribution in [-0.4, -0.2) is 215 Å². The maximum Gasteiger partial charge on any atom is 0.411 e. The fourth-order valence-electron chi connectivity index (χ4n) is 11.8. The number of carbonyl (C=O) groups is 6. The minimum atomic E-state index is -0.471. The van der Waals surface area contributed by atoms with E-state index in [0.29, 0.717) is 48.9 Å². The number of piperazine rings is 1. The second-order valence-electron chi connectivity index (χ2n) is 24.5. The van der Waals surface area contributed by atoms with Gasteiger partial charge in [0.05, 0.1) is 23.7 Å². The predicted octanol–water partition coefficient (Wildman–Crippen LogP) is 8.27. The van der Waals surface area contributed by atoms with Crippen molar-refractivity contribution in [3.63, 3.8) is 0 Å². The summed E-state index contributed by atoms with van der Waals surface area (Å²) in [6.07, 6.45) is 12.3.